The average Bonchev–Trinajstić information content (AvgIpc) is 3.05. The Morgan fingerprint density at radius 2 is 1.77 bits per heavy atom. The first kappa shape index (κ1) is 19.2. The van der Waals surface area contributed by atoms with Gasteiger partial charge in [-0.1, -0.05) is 30.3 Å². The molecule has 0 saturated carbocycles. The molecule has 0 radical (unpaired) electrons. The van der Waals surface area contributed by atoms with Crippen molar-refractivity contribution in [1.82, 2.24) is 4.98 Å². The number of aromatic nitrogens is 1. The lowest BCUT2D eigenvalue weighted by atomic mass is 9.96. The van der Waals surface area contributed by atoms with Crippen LogP contribution in [-0.2, 0) is 9.59 Å². The molecular weight excluding hydrogens is 384 g/mol. The van der Waals surface area contributed by atoms with Gasteiger partial charge in [-0.25, -0.2) is 0 Å². The molecule has 2 aromatic carbocycles. The number of para-hydroxylation sites is 3. The lowest BCUT2D eigenvalue weighted by Gasteiger charge is -2.25. The summed E-state index contributed by atoms with van der Waals surface area (Å²) in [7, 11) is 1.45. The molecule has 0 spiro atoms. The summed E-state index contributed by atoms with van der Waals surface area (Å²) in [6.07, 6.45) is 3.08. The number of phenols is 1. The fourth-order valence-corrected chi connectivity index (χ4v) is 3.59. The number of carbonyl (C=O) groups is 2. The summed E-state index contributed by atoms with van der Waals surface area (Å²) in [4.78, 5) is 31.3. The van der Waals surface area contributed by atoms with Gasteiger partial charge in [-0.3, -0.25) is 19.5 Å². The Hall–Kier alpha value is -4.13. The van der Waals surface area contributed by atoms with Crippen LogP contribution in [0.15, 0.2) is 78.6 Å². The van der Waals surface area contributed by atoms with Crippen molar-refractivity contribution in [3.8, 4) is 11.5 Å². The number of hydrogen-bond donors (Lipinski definition) is 2. The number of ether oxygens (including phenoxy) is 1. The minimum atomic E-state index is -0.975. The number of rotatable bonds is 4. The Morgan fingerprint density at radius 1 is 1.03 bits per heavy atom. The molecule has 30 heavy (non-hydrogen) atoms. The summed E-state index contributed by atoms with van der Waals surface area (Å²) in [5.41, 5.74) is 0.842. The molecule has 2 heterocycles. The van der Waals surface area contributed by atoms with Crippen molar-refractivity contribution >= 4 is 23.1 Å². The maximum Gasteiger partial charge on any atom is 0.300 e. The van der Waals surface area contributed by atoms with Crippen molar-refractivity contribution in [3.05, 3.63) is 89.8 Å². The number of aliphatic hydroxyl groups excluding tert-OH is 1. The van der Waals surface area contributed by atoms with Gasteiger partial charge in [-0.2, -0.15) is 0 Å². The van der Waals surface area contributed by atoms with E-state index in [2.05, 4.69) is 4.98 Å². The fraction of sp³-hybridized carbons (Fsp3) is 0.0870. The summed E-state index contributed by atoms with van der Waals surface area (Å²) in [5.74, 6) is -1.89. The van der Waals surface area contributed by atoms with E-state index in [0.717, 1.165) is 0 Å². The van der Waals surface area contributed by atoms with Crippen LogP contribution in [0, 0.1) is 0 Å². The van der Waals surface area contributed by atoms with Crippen molar-refractivity contribution in [2.75, 3.05) is 12.0 Å². The normalized spacial score (nSPS) is 17.9. The van der Waals surface area contributed by atoms with Gasteiger partial charge < -0.3 is 14.9 Å². The summed E-state index contributed by atoms with van der Waals surface area (Å²) < 4.78 is 5.30. The maximum absolute atomic E-state index is 13.0. The third kappa shape index (κ3) is 3.06. The predicted octanol–water partition coefficient (Wildman–Crippen LogP) is 3.42. The van der Waals surface area contributed by atoms with Crippen LogP contribution in [0.3, 0.4) is 0 Å². The average molecular weight is 402 g/mol. The number of nitrogens with zero attached hydrogens (tertiary/aromatic N) is 2. The van der Waals surface area contributed by atoms with E-state index in [1.54, 1.807) is 54.7 Å². The number of anilines is 1. The largest absolute Gasteiger partial charge is 0.507 e. The van der Waals surface area contributed by atoms with E-state index in [1.165, 1.54) is 30.3 Å². The molecular formula is C23H18N2O5. The second kappa shape index (κ2) is 7.71. The second-order valence-electron chi connectivity index (χ2n) is 6.64. The SMILES string of the molecule is COc1ccccc1/C(O)=C1/C(=O)C(=O)N(c2ccccc2O)C1c1cccnc1. The number of aliphatic hydroxyl groups is 1. The van der Waals surface area contributed by atoms with Gasteiger partial charge in [-0.15, -0.1) is 0 Å². The van der Waals surface area contributed by atoms with E-state index in [-0.39, 0.29) is 28.3 Å². The van der Waals surface area contributed by atoms with E-state index < -0.39 is 17.7 Å². The smallest absolute Gasteiger partial charge is 0.300 e. The summed E-state index contributed by atoms with van der Waals surface area (Å²) in [5, 5.41) is 21.4. The Kier molecular flexibility index (Phi) is 4.93. The Balaban J connectivity index is 1.99. The number of ketones is 1. The number of pyridine rings is 1. The number of hydrogen-bond acceptors (Lipinski definition) is 6. The number of methoxy groups -OCH3 is 1. The number of phenolic OH excluding ortho intramolecular Hbond substituents is 1. The Bertz CT molecular complexity index is 1160. The lowest BCUT2D eigenvalue weighted by molar-refractivity contribution is -0.132. The highest BCUT2D eigenvalue weighted by molar-refractivity contribution is 6.52. The summed E-state index contributed by atoms with van der Waals surface area (Å²) >= 11 is 0. The third-order valence-corrected chi connectivity index (χ3v) is 4.95. The molecule has 150 valence electrons. The van der Waals surface area contributed by atoms with Gasteiger partial charge in [0.15, 0.2) is 0 Å². The van der Waals surface area contributed by atoms with Crippen molar-refractivity contribution in [3.63, 3.8) is 0 Å². The van der Waals surface area contributed by atoms with Crippen LogP contribution in [0.25, 0.3) is 5.76 Å². The lowest BCUT2D eigenvalue weighted by Crippen LogP contribution is -2.29. The molecule has 1 aliphatic heterocycles. The van der Waals surface area contributed by atoms with E-state index >= 15 is 0 Å². The second-order valence-corrected chi connectivity index (χ2v) is 6.64. The standard InChI is InChI=1S/C23H18N2O5/c1-30-18-11-5-2-8-15(18)21(27)19-20(14-7-6-12-24-13-14)25(23(29)22(19)28)16-9-3-4-10-17(16)26/h2-13,20,26-27H,1H3/b21-19-. The zero-order chi connectivity index (χ0) is 21.3. The number of aromatic hydroxyl groups is 1. The molecule has 2 N–H and O–H groups in total. The topological polar surface area (TPSA) is 100.0 Å². The molecule has 0 bridgehead atoms. The molecule has 1 saturated heterocycles. The number of benzene rings is 2. The molecule has 1 atom stereocenters. The molecule has 0 aliphatic carbocycles. The van der Waals surface area contributed by atoms with Crippen LogP contribution < -0.4 is 9.64 Å². The van der Waals surface area contributed by atoms with E-state index in [1.807, 2.05) is 0 Å². The Labute approximate surface area is 172 Å². The molecule has 1 unspecified atom stereocenters. The summed E-state index contributed by atoms with van der Waals surface area (Å²) in [6, 6.07) is 15.3. The van der Waals surface area contributed by atoms with Crippen molar-refractivity contribution < 1.29 is 24.5 Å². The van der Waals surface area contributed by atoms with Crippen LogP contribution in [0.1, 0.15) is 17.2 Å². The van der Waals surface area contributed by atoms with Crippen LogP contribution in [0.5, 0.6) is 11.5 Å². The number of Topliss-reactive ketones (excluding diaryl/α,β-unsaturated/α-hetero) is 1. The van der Waals surface area contributed by atoms with Gasteiger partial charge in [0.25, 0.3) is 11.7 Å². The monoisotopic (exact) mass is 402 g/mol. The molecule has 1 fully saturated rings. The molecule has 1 aliphatic rings. The number of carbonyl (C=O) groups excluding carboxylic acids is 2. The highest BCUT2D eigenvalue weighted by Gasteiger charge is 2.48. The van der Waals surface area contributed by atoms with Crippen LogP contribution in [0.2, 0.25) is 0 Å². The highest BCUT2D eigenvalue weighted by Crippen LogP contribution is 2.45. The van der Waals surface area contributed by atoms with Gasteiger partial charge >= 0.3 is 0 Å². The van der Waals surface area contributed by atoms with Crippen molar-refractivity contribution in [1.29, 1.82) is 0 Å². The highest BCUT2D eigenvalue weighted by atomic mass is 16.5. The zero-order valence-electron chi connectivity index (χ0n) is 16.0. The zero-order valence-corrected chi connectivity index (χ0v) is 16.0. The third-order valence-electron chi connectivity index (χ3n) is 4.95. The molecule has 7 heteroatoms. The first-order valence-corrected chi connectivity index (χ1v) is 9.17. The predicted molar refractivity (Wildman–Crippen MR) is 110 cm³/mol. The number of amides is 1. The molecule has 7 nitrogen and oxygen atoms in total. The first-order chi connectivity index (χ1) is 14.5. The van der Waals surface area contributed by atoms with Gasteiger partial charge in [0.05, 0.1) is 30.0 Å². The molecule has 3 aromatic rings. The fourth-order valence-electron chi connectivity index (χ4n) is 3.59. The van der Waals surface area contributed by atoms with Gasteiger partial charge in [0.2, 0.25) is 0 Å². The quantitative estimate of drug-likeness (QED) is 0.394. The van der Waals surface area contributed by atoms with Crippen LogP contribution in [0.4, 0.5) is 5.69 Å². The van der Waals surface area contributed by atoms with Gasteiger partial charge in [-0.05, 0) is 35.9 Å². The molecule has 4 rings (SSSR count). The van der Waals surface area contributed by atoms with E-state index in [9.17, 15) is 19.8 Å². The maximum atomic E-state index is 13.0. The van der Waals surface area contributed by atoms with Gasteiger partial charge in [0.1, 0.15) is 17.3 Å². The molecule has 1 aromatic heterocycles. The minimum Gasteiger partial charge on any atom is -0.507 e. The van der Waals surface area contributed by atoms with Gasteiger partial charge in [0, 0.05) is 12.4 Å². The van der Waals surface area contributed by atoms with Crippen molar-refractivity contribution in [2.24, 2.45) is 0 Å². The minimum absolute atomic E-state index is 0.110. The Morgan fingerprint density at radius 3 is 2.47 bits per heavy atom. The first-order valence-electron chi connectivity index (χ1n) is 9.17. The summed E-state index contributed by atoms with van der Waals surface area (Å²) in [6.45, 7) is 0. The van der Waals surface area contributed by atoms with Crippen LogP contribution >= 0.6 is 0 Å². The van der Waals surface area contributed by atoms with Crippen LogP contribution in [-0.4, -0.2) is 34.0 Å². The molecule has 1 amide bonds. The van der Waals surface area contributed by atoms with E-state index in [0.29, 0.717) is 11.3 Å². The van der Waals surface area contributed by atoms with Crippen molar-refractivity contribution in [2.45, 2.75) is 6.04 Å². The van der Waals surface area contributed by atoms with E-state index in [4.69, 9.17) is 4.74 Å².